The van der Waals surface area contributed by atoms with Gasteiger partial charge >= 0.3 is 0 Å². The number of hydrogen-bond donors (Lipinski definition) is 1. The van der Waals surface area contributed by atoms with Crippen LogP contribution in [0, 0.1) is 6.92 Å². The van der Waals surface area contributed by atoms with Crippen LogP contribution < -0.4 is 0 Å². The third-order valence-electron chi connectivity index (χ3n) is 3.26. The molecule has 0 radical (unpaired) electrons. The van der Waals surface area contributed by atoms with Gasteiger partial charge in [0.05, 0.1) is 11.9 Å². The zero-order valence-corrected chi connectivity index (χ0v) is 11.4. The van der Waals surface area contributed by atoms with Crippen molar-refractivity contribution in [2.24, 2.45) is 0 Å². The summed E-state index contributed by atoms with van der Waals surface area (Å²) in [5.41, 5.74) is 3.63. The van der Waals surface area contributed by atoms with Crippen LogP contribution >= 0.6 is 0 Å². The van der Waals surface area contributed by atoms with Crippen molar-refractivity contribution in [2.75, 3.05) is 0 Å². The van der Waals surface area contributed by atoms with Crippen molar-refractivity contribution < 1.29 is 0 Å². The lowest BCUT2D eigenvalue weighted by molar-refractivity contribution is 0.655. The summed E-state index contributed by atoms with van der Waals surface area (Å²) in [5.74, 6) is 1.11. The Bertz CT molecular complexity index is 468. The van der Waals surface area contributed by atoms with Crippen LogP contribution in [0.2, 0.25) is 0 Å². The van der Waals surface area contributed by atoms with E-state index in [1.165, 1.54) is 36.8 Å². The molecule has 1 heterocycles. The van der Waals surface area contributed by atoms with E-state index in [4.69, 9.17) is 0 Å². The van der Waals surface area contributed by atoms with Crippen molar-refractivity contribution in [1.29, 1.82) is 0 Å². The Hall–Kier alpha value is -1.57. The summed E-state index contributed by atoms with van der Waals surface area (Å²) in [6.45, 7) is 4.35. The first-order valence-corrected chi connectivity index (χ1v) is 6.90. The maximum atomic E-state index is 4.46. The molecule has 2 aromatic rings. The highest BCUT2D eigenvalue weighted by atomic mass is 14.9. The molecule has 2 heteroatoms. The van der Waals surface area contributed by atoms with Gasteiger partial charge in [-0.2, -0.15) is 0 Å². The second-order valence-corrected chi connectivity index (χ2v) is 4.92. The number of aromatic nitrogens is 2. The molecule has 0 saturated heterocycles. The highest BCUT2D eigenvalue weighted by Gasteiger charge is 2.02. The lowest BCUT2D eigenvalue weighted by atomic mass is 10.1. The van der Waals surface area contributed by atoms with Crippen LogP contribution in [0.1, 0.15) is 44.0 Å². The lowest BCUT2D eigenvalue weighted by Gasteiger charge is -1.99. The maximum absolute atomic E-state index is 4.46. The molecule has 0 saturated carbocycles. The predicted octanol–water partition coefficient (Wildman–Crippen LogP) is 4.51. The van der Waals surface area contributed by atoms with Crippen LogP contribution in [-0.2, 0) is 6.42 Å². The standard InChI is InChI=1S/C16H22N2/c1-3-4-5-6-7-16-17-12-15(18-16)14-10-8-13(2)9-11-14/h8-12H,3-7H2,1-2H3,(H,17,18). The quantitative estimate of drug-likeness (QED) is 0.742. The molecule has 2 rings (SSSR count). The van der Waals surface area contributed by atoms with E-state index in [0.29, 0.717) is 0 Å². The summed E-state index contributed by atoms with van der Waals surface area (Å²) in [4.78, 5) is 7.87. The van der Waals surface area contributed by atoms with Gasteiger partial charge in [-0.25, -0.2) is 4.98 Å². The molecule has 96 valence electrons. The number of unbranched alkanes of at least 4 members (excludes halogenated alkanes) is 3. The molecule has 0 aliphatic carbocycles. The van der Waals surface area contributed by atoms with Crippen molar-refractivity contribution >= 4 is 0 Å². The van der Waals surface area contributed by atoms with Crippen LogP contribution in [0.5, 0.6) is 0 Å². The molecule has 0 fully saturated rings. The van der Waals surface area contributed by atoms with Crippen molar-refractivity contribution in [3.05, 3.63) is 41.9 Å². The molecule has 0 aliphatic rings. The Morgan fingerprint density at radius 3 is 2.56 bits per heavy atom. The van der Waals surface area contributed by atoms with Gasteiger partial charge in [0.25, 0.3) is 0 Å². The van der Waals surface area contributed by atoms with E-state index in [2.05, 4.69) is 48.1 Å². The first kappa shape index (κ1) is 12.9. The molecule has 1 aromatic carbocycles. The van der Waals surface area contributed by atoms with E-state index >= 15 is 0 Å². The molecule has 0 atom stereocenters. The van der Waals surface area contributed by atoms with Gasteiger partial charge in [0.1, 0.15) is 5.82 Å². The molecule has 0 aliphatic heterocycles. The number of nitrogens with zero attached hydrogens (tertiary/aromatic N) is 1. The van der Waals surface area contributed by atoms with Gasteiger partial charge in [0.2, 0.25) is 0 Å². The summed E-state index contributed by atoms with van der Waals surface area (Å²) in [6, 6.07) is 8.56. The fraction of sp³-hybridized carbons (Fsp3) is 0.438. The van der Waals surface area contributed by atoms with Crippen LogP contribution in [0.15, 0.2) is 30.5 Å². The minimum atomic E-state index is 1.06. The molecule has 0 unspecified atom stereocenters. The van der Waals surface area contributed by atoms with Gasteiger partial charge in [0.15, 0.2) is 0 Å². The number of benzene rings is 1. The summed E-state index contributed by atoms with van der Waals surface area (Å²) < 4.78 is 0. The third kappa shape index (κ3) is 3.46. The van der Waals surface area contributed by atoms with Crippen molar-refractivity contribution in [3.8, 4) is 11.3 Å². The zero-order valence-electron chi connectivity index (χ0n) is 11.4. The van der Waals surface area contributed by atoms with Gasteiger partial charge in [-0.15, -0.1) is 0 Å². The molecule has 0 amide bonds. The zero-order chi connectivity index (χ0) is 12.8. The van der Waals surface area contributed by atoms with E-state index < -0.39 is 0 Å². The molecular formula is C16H22N2. The fourth-order valence-electron chi connectivity index (χ4n) is 2.09. The van der Waals surface area contributed by atoms with E-state index in [1.807, 2.05) is 6.20 Å². The van der Waals surface area contributed by atoms with Gasteiger partial charge in [-0.05, 0) is 18.9 Å². The number of hydrogen-bond acceptors (Lipinski definition) is 1. The molecule has 0 spiro atoms. The Morgan fingerprint density at radius 2 is 1.83 bits per heavy atom. The van der Waals surface area contributed by atoms with Gasteiger partial charge < -0.3 is 4.98 Å². The third-order valence-corrected chi connectivity index (χ3v) is 3.26. The van der Waals surface area contributed by atoms with Crippen LogP contribution in [0.3, 0.4) is 0 Å². The van der Waals surface area contributed by atoms with Gasteiger partial charge in [-0.3, -0.25) is 0 Å². The number of imidazole rings is 1. The van der Waals surface area contributed by atoms with E-state index in [-0.39, 0.29) is 0 Å². The van der Waals surface area contributed by atoms with Gasteiger partial charge in [0, 0.05) is 6.42 Å². The van der Waals surface area contributed by atoms with Crippen LogP contribution in [-0.4, -0.2) is 9.97 Å². The number of rotatable bonds is 6. The first-order chi connectivity index (χ1) is 8.79. The van der Waals surface area contributed by atoms with Crippen LogP contribution in [0.4, 0.5) is 0 Å². The number of aromatic amines is 1. The average molecular weight is 242 g/mol. The van der Waals surface area contributed by atoms with E-state index in [9.17, 15) is 0 Å². The monoisotopic (exact) mass is 242 g/mol. The Balaban J connectivity index is 1.95. The molecule has 2 nitrogen and oxygen atoms in total. The molecule has 1 N–H and O–H groups in total. The van der Waals surface area contributed by atoms with Crippen molar-refractivity contribution in [3.63, 3.8) is 0 Å². The highest BCUT2D eigenvalue weighted by molar-refractivity contribution is 5.58. The van der Waals surface area contributed by atoms with E-state index in [0.717, 1.165) is 17.9 Å². The second kappa shape index (κ2) is 6.39. The molecular weight excluding hydrogens is 220 g/mol. The minimum Gasteiger partial charge on any atom is -0.342 e. The van der Waals surface area contributed by atoms with Gasteiger partial charge in [-0.1, -0.05) is 56.0 Å². The molecule has 1 aromatic heterocycles. The number of aryl methyl sites for hydroxylation is 2. The topological polar surface area (TPSA) is 28.7 Å². The average Bonchev–Trinajstić information content (AvgIpc) is 2.84. The molecule has 0 bridgehead atoms. The smallest absolute Gasteiger partial charge is 0.106 e. The SMILES string of the molecule is CCCCCCc1ncc(-c2ccc(C)cc2)[nH]1. The summed E-state index contributed by atoms with van der Waals surface area (Å²) in [5, 5.41) is 0. The summed E-state index contributed by atoms with van der Waals surface area (Å²) in [6.07, 6.45) is 8.15. The minimum absolute atomic E-state index is 1.06. The Kier molecular flexibility index (Phi) is 4.57. The highest BCUT2D eigenvalue weighted by Crippen LogP contribution is 2.18. The Labute approximate surface area is 109 Å². The lowest BCUT2D eigenvalue weighted by Crippen LogP contribution is -1.88. The van der Waals surface area contributed by atoms with E-state index in [1.54, 1.807) is 0 Å². The largest absolute Gasteiger partial charge is 0.342 e. The predicted molar refractivity (Wildman–Crippen MR) is 76.6 cm³/mol. The number of H-pyrrole nitrogens is 1. The second-order valence-electron chi connectivity index (χ2n) is 4.92. The summed E-state index contributed by atoms with van der Waals surface area (Å²) >= 11 is 0. The normalized spacial score (nSPS) is 10.8. The summed E-state index contributed by atoms with van der Waals surface area (Å²) in [7, 11) is 0. The number of nitrogens with one attached hydrogen (secondary N) is 1. The molecule has 18 heavy (non-hydrogen) atoms. The Morgan fingerprint density at radius 1 is 1.06 bits per heavy atom. The fourth-order valence-corrected chi connectivity index (χ4v) is 2.09. The first-order valence-electron chi connectivity index (χ1n) is 6.90. The van der Waals surface area contributed by atoms with Crippen molar-refractivity contribution in [1.82, 2.24) is 9.97 Å². The van der Waals surface area contributed by atoms with Crippen molar-refractivity contribution in [2.45, 2.75) is 46.0 Å². The maximum Gasteiger partial charge on any atom is 0.106 e. The van der Waals surface area contributed by atoms with Crippen LogP contribution in [0.25, 0.3) is 11.3 Å².